The molecule has 0 spiro atoms. The number of nitrogens with zero attached hydrogens (tertiary/aromatic N) is 1. The van der Waals surface area contributed by atoms with Gasteiger partial charge in [0, 0.05) is 12.3 Å². The Morgan fingerprint density at radius 1 is 1.25 bits per heavy atom. The van der Waals surface area contributed by atoms with E-state index >= 15 is 0 Å². The van der Waals surface area contributed by atoms with E-state index in [1.165, 1.54) is 11.8 Å². The van der Waals surface area contributed by atoms with Crippen LogP contribution in [0.25, 0.3) is 0 Å². The highest BCUT2D eigenvalue weighted by molar-refractivity contribution is 8.16. The molecular weight excluding hydrogens is 226 g/mol. The average molecular weight is 241 g/mol. The highest BCUT2D eigenvalue weighted by atomic mass is 32.2. The van der Waals surface area contributed by atoms with E-state index in [1.54, 1.807) is 0 Å². The number of ketones is 1. The van der Waals surface area contributed by atoms with Crippen LogP contribution in [-0.2, 0) is 9.59 Å². The van der Waals surface area contributed by atoms with E-state index in [1.807, 2.05) is 0 Å². The van der Waals surface area contributed by atoms with Gasteiger partial charge in [-0.15, -0.1) is 11.8 Å². The van der Waals surface area contributed by atoms with Gasteiger partial charge < -0.3 is 5.11 Å². The largest absolute Gasteiger partial charge is 0.480 e. The van der Waals surface area contributed by atoms with Crippen molar-refractivity contribution in [1.29, 1.82) is 0 Å². The van der Waals surface area contributed by atoms with Crippen molar-refractivity contribution in [1.82, 2.24) is 0 Å². The van der Waals surface area contributed by atoms with Gasteiger partial charge >= 0.3 is 5.97 Å². The second kappa shape index (κ2) is 4.57. The Morgan fingerprint density at radius 3 is 2.44 bits per heavy atom. The van der Waals surface area contributed by atoms with Crippen molar-refractivity contribution in [2.45, 2.75) is 32.1 Å². The van der Waals surface area contributed by atoms with Gasteiger partial charge in [0.15, 0.2) is 0 Å². The minimum Gasteiger partial charge on any atom is -0.480 e. The van der Waals surface area contributed by atoms with E-state index in [0.717, 1.165) is 25.0 Å². The van der Waals surface area contributed by atoms with Crippen LogP contribution in [0, 0.1) is 5.41 Å². The summed E-state index contributed by atoms with van der Waals surface area (Å²) >= 11 is 1.40. The number of rotatable bonds is 3. The van der Waals surface area contributed by atoms with Gasteiger partial charge in [0.2, 0.25) is 5.78 Å². The van der Waals surface area contributed by atoms with Crippen LogP contribution >= 0.6 is 11.8 Å². The van der Waals surface area contributed by atoms with Crippen molar-refractivity contribution >= 4 is 28.6 Å². The summed E-state index contributed by atoms with van der Waals surface area (Å²) in [6, 6.07) is 0. The number of carbonyl (C=O) groups excluding carboxylic acids is 1. The molecule has 1 fully saturated rings. The summed E-state index contributed by atoms with van der Waals surface area (Å²) < 4.78 is 0. The van der Waals surface area contributed by atoms with Crippen LogP contribution in [0.15, 0.2) is 4.99 Å². The van der Waals surface area contributed by atoms with Gasteiger partial charge in [-0.3, -0.25) is 14.6 Å². The molecule has 0 aromatic heterocycles. The molecule has 2 rings (SSSR count). The second-order valence-corrected chi connectivity index (χ2v) is 5.40. The molecule has 0 aromatic rings. The van der Waals surface area contributed by atoms with Crippen molar-refractivity contribution < 1.29 is 14.7 Å². The van der Waals surface area contributed by atoms with Crippen LogP contribution < -0.4 is 0 Å². The van der Waals surface area contributed by atoms with Crippen LogP contribution in [0.4, 0.5) is 0 Å². The summed E-state index contributed by atoms with van der Waals surface area (Å²) in [6.07, 6.45) is 3.63. The van der Waals surface area contributed by atoms with E-state index in [9.17, 15) is 14.7 Å². The molecule has 1 saturated carbocycles. The molecule has 0 amide bonds. The standard InChI is InChI=1S/C11H15NO3S/c13-8(9-12-6-7-16-9)11(10(14)15)4-2-1-3-5-11/h1-7H2,(H,14,15). The zero-order chi connectivity index (χ0) is 11.6. The van der Waals surface area contributed by atoms with Crippen LogP contribution in [-0.4, -0.2) is 34.2 Å². The molecular formula is C11H15NO3S. The lowest BCUT2D eigenvalue weighted by molar-refractivity contribution is -0.154. The molecule has 0 atom stereocenters. The Labute approximate surface area is 98.5 Å². The van der Waals surface area contributed by atoms with Crippen LogP contribution in [0.2, 0.25) is 0 Å². The predicted molar refractivity (Wildman–Crippen MR) is 62.9 cm³/mol. The first-order valence-electron chi connectivity index (χ1n) is 5.62. The first-order chi connectivity index (χ1) is 7.67. The van der Waals surface area contributed by atoms with Gasteiger partial charge in [-0.1, -0.05) is 19.3 Å². The Bertz CT molecular complexity index is 345. The number of carboxylic acid groups (broad SMARTS) is 1. The molecule has 2 aliphatic rings. The molecule has 88 valence electrons. The van der Waals surface area contributed by atoms with Gasteiger partial charge in [-0.25, -0.2) is 0 Å². The first kappa shape index (κ1) is 11.6. The molecule has 0 unspecified atom stereocenters. The van der Waals surface area contributed by atoms with Crippen LogP contribution in [0.3, 0.4) is 0 Å². The summed E-state index contributed by atoms with van der Waals surface area (Å²) in [7, 11) is 0. The Balaban J connectivity index is 2.24. The maximum Gasteiger partial charge on any atom is 0.317 e. The minimum atomic E-state index is -1.17. The normalized spacial score (nSPS) is 23.9. The number of hydrogen-bond donors (Lipinski definition) is 1. The third-order valence-electron chi connectivity index (χ3n) is 3.33. The number of aliphatic imine (C=N–C) groups is 1. The van der Waals surface area contributed by atoms with Gasteiger partial charge in [-0.2, -0.15) is 0 Å². The van der Waals surface area contributed by atoms with Crippen LogP contribution in [0.1, 0.15) is 32.1 Å². The molecule has 5 heteroatoms. The quantitative estimate of drug-likeness (QED) is 0.764. The molecule has 0 bridgehead atoms. The van der Waals surface area contributed by atoms with Crippen molar-refractivity contribution in [2.24, 2.45) is 10.4 Å². The van der Waals surface area contributed by atoms with Gasteiger partial charge in [0.1, 0.15) is 10.5 Å². The SMILES string of the molecule is O=C(O)C1(C(=O)C2=NCCS2)CCCCC1. The molecule has 0 radical (unpaired) electrons. The number of thioether (sulfide) groups is 1. The van der Waals surface area contributed by atoms with E-state index in [2.05, 4.69) is 4.99 Å². The lowest BCUT2D eigenvalue weighted by Gasteiger charge is -2.31. The number of carbonyl (C=O) groups is 2. The van der Waals surface area contributed by atoms with Crippen molar-refractivity contribution in [2.75, 3.05) is 12.3 Å². The van der Waals surface area contributed by atoms with E-state index in [4.69, 9.17) is 0 Å². The first-order valence-corrected chi connectivity index (χ1v) is 6.61. The summed E-state index contributed by atoms with van der Waals surface area (Å²) in [6.45, 7) is 0.640. The van der Waals surface area contributed by atoms with E-state index < -0.39 is 11.4 Å². The van der Waals surface area contributed by atoms with Crippen molar-refractivity contribution in [3.05, 3.63) is 0 Å². The smallest absolute Gasteiger partial charge is 0.317 e. The number of hydrogen-bond acceptors (Lipinski definition) is 4. The van der Waals surface area contributed by atoms with Gasteiger partial charge in [0.25, 0.3) is 0 Å². The zero-order valence-electron chi connectivity index (χ0n) is 9.07. The van der Waals surface area contributed by atoms with Gasteiger partial charge in [-0.05, 0) is 12.8 Å². The molecule has 1 aliphatic carbocycles. The van der Waals surface area contributed by atoms with Crippen molar-refractivity contribution in [3.8, 4) is 0 Å². The second-order valence-electron chi connectivity index (χ2n) is 4.31. The molecule has 1 heterocycles. The Hall–Kier alpha value is -0.840. The zero-order valence-corrected chi connectivity index (χ0v) is 9.89. The molecule has 0 aromatic carbocycles. The highest BCUT2D eigenvalue weighted by Gasteiger charge is 2.48. The summed E-state index contributed by atoms with van der Waals surface area (Å²) in [5.41, 5.74) is -1.17. The molecule has 0 saturated heterocycles. The third-order valence-corrected chi connectivity index (χ3v) is 4.31. The maximum atomic E-state index is 12.2. The predicted octanol–water partition coefficient (Wildman–Crippen LogP) is 1.74. The third kappa shape index (κ3) is 1.88. The maximum absolute atomic E-state index is 12.2. The lowest BCUT2D eigenvalue weighted by Crippen LogP contribution is -2.43. The Kier molecular flexibility index (Phi) is 3.33. The fourth-order valence-electron chi connectivity index (χ4n) is 2.37. The summed E-state index contributed by atoms with van der Waals surface area (Å²) in [5.74, 6) is -0.411. The highest BCUT2D eigenvalue weighted by Crippen LogP contribution is 2.39. The number of Topliss-reactive ketones (excluding diaryl/α,β-unsaturated/α-hetero) is 1. The summed E-state index contributed by atoms with van der Waals surface area (Å²) in [5, 5.41) is 9.77. The number of carboxylic acids is 1. The monoisotopic (exact) mass is 241 g/mol. The average Bonchev–Trinajstić information content (AvgIpc) is 2.82. The van der Waals surface area contributed by atoms with E-state index in [0.29, 0.717) is 24.4 Å². The molecule has 1 N–H and O–H groups in total. The minimum absolute atomic E-state index is 0.248. The number of aliphatic carboxylic acids is 1. The van der Waals surface area contributed by atoms with Crippen molar-refractivity contribution in [3.63, 3.8) is 0 Å². The Morgan fingerprint density at radius 2 is 1.94 bits per heavy atom. The molecule has 1 aliphatic heterocycles. The fraction of sp³-hybridized carbons (Fsp3) is 0.727. The van der Waals surface area contributed by atoms with Crippen LogP contribution in [0.5, 0.6) is 0 Å². The fourth-order valence-corrected chi connectivity index (χ4v) is 3.26. The van der Waals surface area contributed by atoms with Gasteiger partial charge in [0.05, 0.1) is 0 Å². The molecule has 4 nitrogen and oxygen atoms in total. The summed E-state index contributed by atoms with van der Waals surface area (Å²) in [4.78, 5) is 27.7. The molecule has 16 heavy (non-hydrogen) atoms. The van der Waals surface area contributed by atoms with E-state index in [-0.39, 0.29) is 5.78 Å². The topological polar surface area (TPSA) is 66.7 Å². The lowest BCUT2D eigenvalue weighted by atomic mass is 9.71.